The predicted molar refractivity (Wildman–Crippen MR) is 103 cm³/mol. The van der Waals surface area contributed by atoms with Gasteiger partial charge in [0.15, 0.2) is 0 Å². The minimum atomic E-state index is -0.0245. The molecule has 0 atom stereocenters. The maximum Gasteiger partial charge on any atom is 0.253 e. The summed E-state index contributed by atoms with van der Waals surface area (Å²) in [7, 11) is 4.16. The maximum absolute atomic E-state index is 12.5. The molecule has 23 heavy (non-hydrogen) atoms. The summed E-state index contributed by atoms with van der Waals surface area (Å²) in [6, 6.07) is 3.19. The second-order valence-corrected chi connectivity index (χ2v) is 6.64. The lowest BCUT2D eigenvalue weighted by atomic mass is 9.96. The van der Waals surface area contributed by atoms with Gasteiger partial charge in [0, 0.05) is 25.2 Å². The number of nitrogen functional groups attached to an aromatic ring is 1. The van der Waals surface area contributed by atoms with E-state index < -0.39 is 0 Å². The zero-order valence-electron chi connectivity index (χ0n) is 13.2. The summed E-state index contributed by atoms with van der Waals surface area (Å²) < 4.78 is 0. The molecule has 1 aliphatic rings. The van der Waals surface area contributed by atoms with E-state index in [2.05, 4.69) is 19.0 Å². The van der Waals surface area contributed by atoms with Crippen molar-refractivity contribution in [3.63, 3.8) is 0 Å². The number of halogens is 4. The molecule has 0 aromatic heterocycles. The van der Waals surface area contributed by atoms with Gasteiger partial charge in [-0.25, -0.2) is 0 Å². The summed E-state index contributed by atoms with van der Waals surface area (Å²) in [5, 5.41) is 0.625. The third-order valence-corrected chi connectivity index (χ3v) is 4.65. The fourth-order valence-electron chi connectivity index (χ4n) is 2.75. The number of rotatable bonds is 3. The van der Waals surface area contributed by atoms with Crippen LogP contribution in [-0.2, 0) is 0 Å². The summed E-state index contributed by atoms with van der Waals surface area (Å²) >= 11 is 11.9. The zero-order valence-corrected chi connectivity index (χ0v) is 16.4. The maximum atomic E-state index is 12.5. The minimum absolute atomic E-state index is 0. The van der Waals surface area contributed by atoms with Gasteiger partial charge in [0.25, 0.3) is 5.91 Å². The van der Waals surface area contributed by atoms with Crippen molar-refractivity contribution in [2.24, 2.45) is 5.92 Å². The van der Waals surface area contributed by atoms with E-state index in [-0.39, 0.29) is 30.7 Å². The predicted octanol–water partition coefficient (Wildman–Crippen LogP) is 3.83. The van der Waals surface area contributed by atoms with Crippen molar-refractivity contribution >= 4 is 59.6 Å². The monoisotopic (exact) mass is 401 g/mol. The molecule has 1 heterocycles. The average Bonchev–Trinajstić information content (AvgIpc) is 2.43. The molecular formula is C15H23Cl4N3O. The minimum Gasteiger partial charge on any atom is -0.397 e. The van der Waals surface area contributed by atoms with Crippen LogP contribution in [0.1, 0.15) is 23.2 Å². The number of amides is 1. The Morgan fingerprint density at radius 3 is 2.30 bits per heavy atom. The van der Waals surface area contributed by atoms with Crippen LogP contribution in [-0.4, -0.2) is 49.4 Å². The molecule has 1 aliphatic heterocycles. The van der Waals surface area contributed by atoms with Crippen molar-refractivity contribution in [2.75, 3.05) is 39.5 Å². The molecule has 1 aromatic rings. The summed E-state index contributed by atoms with van der Waals surface area (Å²) in [6.45, 7) is 2.62. The molecule has 1 fully saturated rings. The van der Waals surface area contributed by atoms with Gasteiger partial charge in [0.05, 0.1) is 15.7 Å². The van der Waals surface area contributed by atoms with Gasteiger partial charge in [0.2, 0.25) is 0 Å². The first-order valence-electron chi connectivity index (χ1n) is 7.07. The van der Waals surface area contributed by atoms with Crippen molar-refractivity contribution in [2.45, 2.75) is 12.8 Å². The number of nitrogens with two attached hydrogens (primary N) is 1. The zero-order chi connectivity index (χ0) is 15.6. The first kappa shape index (κ1) is 22.6. The van der Waals surface area contributed by atoms with Gasteiger partial charge in [-0.3, -0.25) is 4.79 Å². The smallest absolute Gasteiger partial charge is 0.253 e. The number of hydrogen-bond acceptors (Lipinski definition) is 3. The van der Waals surface area contributed by atoms with Gasteiger partial charge in [-0.2, -0.15) is 0 Å². The van der Waals surface area contributed by atoms with Crippen molar-refractivity contribution in [1.29, 1.82) is 0 Å². The molecular weight excluding hydrogens is 380 g/mol. The summed E-state index contributed by atoms with van der Waals surface area (Å²) in [6.07, 6.45) is 2.06. The van der Waals surface area contributed by atoms with Crippen molar-refractivity contribution in [1.82, 2.24) is 9.80 Å². The van der Waals surface area contributed by atoms with Crippen LogP contribution in [0.2, 0.25) is 10.0 Å². The Morgan fingerprint density at radius 2 is 1.83 bits per heavy atom. The molecule has 0 aliphatic carbocycles. The number of carbonyl (C=O) groups excluding carboxylic acids is 1. The standard InChI is InChI=1S/C15H21Cl2N3O.2ClH/c1-19(2)9-10-3-5-20(6-4-10)15(21)11-7-12(16)14(17)13(18)8-11;;/h7-8,10H,3-6,9,18H2,1-2H3;2*1H. The molecule has 0 unspecified atom stereocenters. The van der Waals surface area contributed by atoms with E-state index in [0.29, 0.717) is 27.2 Å². The molecule has 0 saturated carbocycles. The van der Waals surface area contributed by atoms with Crippen LogP contribution in [0.5, 0.6) is 0 Å². The molecule has 0 bridgehead atoms. The molecule has 2 rings (SSSR count). The van der Waals surface area contributed by atoms with E-state index in [0.717, 1.165) is 32.5 Å². The van der Waals surface area contributed by atoms with E-state index in [1.807, 2.05) is 4.90 Å². The normalized spacial score (nSPS) is 15.1. The van der Waals surface area contributed by atoms with Crippen molar-refractivity contribution in [3.05, 3.63) is 27.7 Å². The quantitative estimate of drug-likeness (QED) is 0.781. The molecule has 0 radical (unpaired) electrons. The van der Waals surface area contributed by atoms with Crippen molar-refractivity contribution < 1.29 is 4.79 Å². The summed E-state index contributed by atoms with van der Waals surface area (Å²) in [4.78, 5) is 16.6. The summed E-state index contributed by atoms with van der Waals surface area (Å²) in [5.74, 6) is 0.631. The fourth-order valence-corrected chi connectivity index (χ4v) is 3.09. The Kier molecular flexibility index (Phi) is 9.63. The molecule has 0 spiro atoms. The lowest BCUT2D eigenvalue weighted by Gasteiger charge is -2.33. The summed E-state index contributed by atoms with van der Waals surface area (Å²) in [5.41, 5.74) is 6.62. The molecule has 8 heteroatoms. The fraction of sp³-hybridized carbons (Fsp3) is 0.533. The first-order chi connectivity index (χ1) is 9.88. The van der Waals surface area contributed by atoms with E-state index in [4.69, 9.17) is 28.9 Å². The second kappa shape index (κ2) is 9.80. The van der Waals surface area contributed by atoms with E-state index in [1.165, 1.54) is 0 Å². The van der Waals surface area contributed by atoms with Crippen LogP contribution in [0.25, 0.3) is 0 Å². The highest BCUT2D eigenvalue weighted by Gasteiger charge is 2.24. The number of likely N-dealkylation sites (tertiary alicyclic amines) is 1. The highest BCUT2D eigenvalue weighted by molar-refractivity contribution is 6.43. The Balaban J connectivity index is 0.00000242. The Hall–Kier alpha value is -0.390. The van der Waals surface area contributed by atoms with Crippen LogP contribution in [0.4, 0.5) is 5.69 Å². The largest absolute Gasteiger partial charge is 0.397 e. The van der Waals surface area contributed by atoms with Gasteiger partial charge >= 0.3 is 0 Å². The number of nitrogens with zero attached hydrogens (tertiary/aromatic N) is 2. The third-order valence-electron chi connectivity index (χ3n) is 3.83. The SMILES string of the molecule is CN(C)CC1CCN(C(=O)c2cc(N)c(Cl)c(Cl)c2)CC1.Cl.Cl. The van der Waals surface area contributed by atoms with Crippen LogP contribution < -0.4 is 5.73 Å². The number of hydrogen-bond donors (Lipinski definition) is 1. The molecule has 1 aromatic carbocycles. The lowest BCUT2D eigenvalue weighted by Crippen LogP contribution is -2.40. The van der Waals surface area contributed by atoms with E-state index in [1.54, 1.807) is 12.1 Å². The number of benzene rings is 1. The first-order valence-corrected chi connectivity index (χ1v) is 7.82. The van der Waals surface area contributed by atoms with Gasteiger partial charge < -0.3 is 15.5 Å². The Morgan fingerprint density at radius 1 is 1.26 bits per heavy atom. The number of anilines is 1. The number of carbonyl (C=O) groups is 1. The van der Waals surface area contributed by atoms with E-state index in [9.17, 15) is 4.79 Å². The average molecular weight is 403 g/mol. The van der Waals surface area contributed by atoms with Gasteiger partial charge in [-0.05, 0) is 45.0 Å². The topological polar surface area (TPSA) is 49.6 Å². The second-order valence-electron chi connectivity index (χ2n) is 5.86. The van der Waals surface area contributed by atoms with Gasteiger partial charge in [-0.1, -0.05) is 23.2 Å². The lowest BCUT2D eigenvalue weighted by molar-refractivity contribution is 0.0678. The molecule has 132 valence electrons. The van der Waals surface area contributed by atoms with Crippen LogP contribution in [0.3, 0.4) is 0 Å². The molecule has 1 amide bonds. The molecule has 1 saturated heterocycles. The Bertz CT molecular complexity index is 508. The van der Waals surface area contributed by atoms with Crippen LogP contribution in [0, 0.1) is 5.92 Å². The van der Waals surface area contributed by atoms with Gasteiger partial charge in [0.1, 0.15) is 0 Å². The molecule has 4 nitrogen and oxygen atoms in total. The third kappa shape index (κ3) is 5.87. The van der Waals surface area contributed by atoms with Crippen LogP contribution in [0.15, 0.2) is 12.1 Å². The number of piperidine rings is 1. The molecule has 2 N–H and O–H groups in total. The van der Waals surface area contributed by atoms with E-state index >= 15 is 0 Å². The highest BCUT2D eigenvalue weighted by atomic mass is 35.5. The highest BCUT2D eigenvalue weighted by Crippen LogP contribution is 2.30. The van der Waals surface area contributed by atoms with Crippen LogP contribution >= 0.6 is 48.0 Å². The Labute approximate surface area is 160 Å². The van der Waals surface area contributed by atoms with Crippen molar-refractivity contribution in [3.8, 4) is 0 Å². The van der Waals surface area contributed by atoms with Gasteiger partial charge in [-0.15, -0.1) is 24.8 Å².